The average Bonchev–Trinajstić information content (AvgIpc) is 3.33. The Morgan fingerprint density at radius 3 is 2.74 bits per heavy atom. The molecule has 0 saturated heterocycles. The number of aryl methyl sites for hydroxylation is 1. The summed E-state index contributed by atoms with van der Waals surface area (Å²) in [5.41, 5.74) is 1.63. The second-order valence-corrected chi connectivity index (χ2v) is 7.05. The van der Waals surface area contributed by atoms with Gasteiger partial charge in [0, 0.05) is 25.5 Å². The number of carbonyl (C=O) groups is 1. The third kappa shape index (κ3) is 3.73. The molecule has 27 heavy (non-hydrogen) atoms. The van der Waals surface area contributed by atoms with E-state index in [4.69, 9.17) is 4.42 Å². The van der Waals surface area contributed by atoms with Crippen LogP contribution in [-0.4, -0.2) is 22.9 Å². The van der Waals surface area contributed by atoms with Gasteiger partial charge in [0.2, 0.25) is 5.91 Å². The van der Waals surface area contributed by atoms with Gasteiger partial charge in [0.1, 0.15) is 5.82 Å². The first-order valence-corrected chi connectivity index (χ1v) is 9.24. The van der Waals surface area contributed by atoms with E-state index in [1.54, 1.807) is 30.3 Å². The lowest BCUT2D eigenvalue weighted by atomic mass is 10.2. The highest BCUT2D eigenvalue weighted by Crippen LogP contribution is 2.28. The van der Waals surface area contributed by atoms with Crippen LogP contribution in [0.2, 0.25) is 0 Å². The Labute approximate surface area is 159 Å². The number of amides is 1. The fourth-order valence-electron chi connectivity index (χ4n) is 2.67. The lowest BCUT2D eigenvalue weighted by molar-refractivity contribution is -0.118. The Morgan fingerprint density at radius 2 is 1.96 bits per heavy atom. The summed E-state index contributed by atoms with van der Waals surface area (Å²) >= 11 is 1.48. The molecule has 0 aliphatic carbocycles. The second-order valence-electron chi connectivity index (χ2n) is 6.04. The summed E-state index contributed by atoms with van der Waals surface area (Å²) in [6.45, 7) is 0. The van der Waals surface area contributed by atoms with Crippen molar-refractivity contribution in [1.82, 2.24) is 9.97 Å². The molecule has 4 aromatic rings. The van der Waals surface area contributed by atoms with E-state index in [-0.39, 0.29) is 18.1 Å². The number of rotatable bonds is 5. The van der Waals surface area contributed by atoms with E-state index in [2.05, 4.69) is 9.97 Å². The highest BCUT2D eigenvalue weighted by atomic mass is 32.1. The molecule has 2 aromatic carbocycles. The van der Waals surface area contributed by atoms with Crippen molar-refractivity contribution in [2.24, 2.45) is 0 Å². The van der Waals surface area contributed by atoms with Crippen LogP contribution in [0.15, 0.2) is 59.1 Å². The number of aromatic nitrogens is 2. The number of fused-ring (bicyclic) bond motifs is 1. The van der Waals surface area contributed by atoms with Gasteiger partial charge in [-0.3, -0.25) is 9.69 Å². The van der Waals surface area contributed by atoms with Crippen LogP contribution < -0.4 is 4.90 Å². The summed E-state index contributed by atoms with van der Waals surface area (Å²) in [4.78, 5) is 22.8. The molecule has 0 aliphatic rings. The van der Waals surface area contributed by atoms with Crippen molar-refractivity contribution in [2.75, 3.05) is 11.9 Å². The molecule has 2 heterocycles. The Hall–Kier alpha value is -3.06. The van der Waals surface area contributed by atoms with Gasteiger partial charge in [0.15, 0.2) is 16.8 Å². The van der Waals surface area contributed by atoms with Gasteiger partial charge in [-0.15, -0.1) is 0 Å². The first-order chi connectivity index (χ1) is 13.1. The summed E-state index contributed by atoms with van der Waals surface area (Å²) in [6, 6.07) is 13.8. The smallest absolute Gasteiger partial charge is 0.229 e. The van der Waals surface area contributed by atoms with Gasteiger partial charge in [-0.2, -0.15) is 0 Å². The molecular formula is C20H16FN3O2S. The molecular weight excluding hydrogens is 365 g/mol. The molecule has 136 valence electrons. The van der Waals surface area contributed by atoms with Crippen molar-refractivity contribution < 1.29 is 13.6 Å². The number of oxazole rings is 1. The van der Waals surface area contributed by atoms with Crippen molar-refractivity contribution in [3.63, 3.8) is 0 Å². The highest BCUT2D eigenvalue weighted by Gasteiger charge is 2.16. The number of benzene rings is 2. The van der Waals surface area contributed by atoms with E-state index < -0.39 is 0 Å². The predicted molar refractivity (Wildman–Crippen MR) is 103 cm³/mol. The van der Waals surface area contributed by atoms with Gasteiger partial charge in [0.25, 0.3) is 0 Å². The number of anilines is 1. The topological polar surface area (TPSA) is 59.2 Å². The van der Waals surface area contributed by atoms with Crippen LogP contribution in [0.25, 0.3) is 21.5 Å². The van der Waals surface area contributed by atoms with E-state index in [9.17, 15) is 9.18 Å². The molecule has 7 heteroatoms. The molecule has 0 bridgehead atoms. The molecule has 0 saturated carbocycles. The Kier molecular flexibility index (Phi) is 4.68. The summed E-state index contributed by atoms with van der Waals surface area (Å²) in [6.07, 6.45) is 2.23. The van der Waals surface area contributed by atoms with Crippen LogP contribution in [0.4, 0.5) is 9.52 Å². The number of thiazole rings is 1. The number of hydrogen-bond donors (Lipinski definition) is 0. The molecule has 5 nitrogen and oxygen atoms in total. The number of para-hydroxylation sites is 1. The highest BCUT2D eigenvalue weighted by molar-refractivity contribution is 7.22. The van der Waals surface area contributed by atoms with Crippen LogP contribution in [0.5, 0.6) is 0 Å². The van der Waals surface area contributed by atoms with Crippen molar-refractivity contribution in [3.8, 4) is 11.3 Å². The van der Waals surface area contributed by atoms with Crippen molar-refractivity contribution in [3.05, 3.63) is 66.4 Å². The van der Waals surface area contributed by atoms with Gasteiger partial charge in [-0.05, 0) is 36.4 Å². The van der Waals surface area contributed by atoms with E-state index >= 15 is 0 Å². The van der Waals surface area contributed by atoms with E-state index in [1.807, 2.05) is 24.3 Å². The van der Waals surface area contributed by atoms with Crippen LogP contribution >= 0.6 is 11.3 Å². The van der Waals surface area contributed by atoms with Crippen molar-refractivity contribution >= 4 is 32.6 Å². The van der Waals surface area contributed by atoms with Crippen LogP contribution in [0, 0.1) is 5.82 Å². The number of carbonyl (C=O) groups excluding carboxylic acids is 1. The quantitative estimate of drug-likeness (QED) is 0.503. The first-order valence-electron chi connectivity index (χ1n) is 8.43. The van der Waals surface area contributed by atoms with Gasteiger partial charge in [-0.25, -0.2) is 14.4 Å². The fraction of sp³-hybridized carbons (Fsp3) is 0.150. The minimum absolute atomic E-state index is 0.0596. The van der Waals surface area contributed by atoms with Crippen molar-refractivity contribution in [2.45, 2.75) is 12.8 Å². The predicted octanol–water partition coefficient (Wildman–Crippen LogP) is 4.69. The summed E-state index contributed by atoms with van der Waals surface area (Å²) in [5.74, 6) is 0.662. The van der Waals surface area contributed by atoms with Crippen LogP contribution in [-0.2, 0) is 11.2 Å². The lowest BCUT2D eigenvalue weighted by Gasteiger charge is -2.12. The summed E-state index contributed by atoms with van der Waals surface area (Å²) < 4.78 is 19.7. The number of hydrogen-bond acceptors (Lipinski definition) is 5. The molecule has 0 aliphatic heterocycles. The van der Waals surface area contributed by atoms with Gasteiger partial charge >= 0.3 is 0 Å². The summed E-state index contributed by atoms with van der Waals surface area (Å²) in [7, 11) is 1.72. The van der Waals surface area contributed by atoms with Crippen molar-refractivity contribution in [1.29, 1.82) is 0 Å². The van der Waals surface area contributed by atoms with E-state index in [0.29, 0.717) is 23.2 Å². The van der Waals surface area contributed by atoms with E-state index in [1.165, 1.54) is 23.5 Å². The Bertz CT molecular complexity index is 1060. The maximum absolute atomic E-state index is 13.0. The zero-order chi connectivity index (χ0) is 18.8. The lowest BCUT2D eigenvalue weighted by Crippen LogP contribution is -2.26. The standard InChI is InChI=1S/C20H16FN3O2S/c1-24(20-23-15-4-2-3-5-17(15)27-20)19(25)11-10-18-22-12-16(26-18)13-6-8-14(21)9-7-13/h2-9,12H,10-11H2,1H3. The van der Waals surface area contributed by atoms with E-state index in [0.717, 1.165) is 15.8 Å². The molecule has 1 amide bonds. The molecule has 0 spiro atoms. The maximum Gasteiger partial charge on any atom is 0.229 e. The zero-order valence-corrected chi connectivity index (χ0v) is 15.4. The summed E-state index contributed by atoms with van der Waals surface area (Å²) in [5, 5.41) is 0.667. The number of nitrogens with zero attached hydrogens (tertiary/aromatic N) is 3. The van der Waals surface area contributed by atoms with Gasteiger partial charge in [0.05, 0.1) is 16.4 Å². The van der Waals surface area contributed by atoms with Gasteiger partial charge in [-0.1, -0.05) is 23.5 Å². The second kappa shape index (κ2) is 7.28. The Balaban J connectivity index is 1.41. The number of halogens is 1. The zero-order valence-electron chi connectivity index (χ0n) is 14.6. The molecule has 0 unspecified atom stereocenters. The largest absolute Gasteiger partial charge is 0.441 e. The molecule has 2 aromatic heterocycles. The third-order valence-corrected chi connectivity index (χ3v) is 5.29. The SMILES string of the molecule is CN(C(=O)CCc1ncc(-c2ccc(F)cc2)o1)c1nc2ccccc2s1. The molecule has 0 N–H and O–H groups in total. The fourth-order valence-corrected chi connectivity index (χ4v) is 3.61. The monoisotopic (exact) mass is 381 g/mol. The normalized spacial score (nSPS) is 11.0. The molecule has 0 radical (unpaired) electrons. The molecule has 0 fully saturated rings. The maximum atomic E-state index is 13.0. The third-order valence-electron chi connectivity index (χ3n) is 4.18. The van der Waals surface area contributed by atoms with Gasteiger partial charge < -0.3 is 4.42 Å². The Morgan fingerprint density at radius 1 is 1.19 bits per heavy atom. The van der Waals surface area contributed by atoms with Crippen LogP contribution in [0.1, 0.15) is 12.3 Å². The first kappa shape index (κ1) is 17.4. The minimum Gasteiger partial charge on any atom is -0.441 e. The average molecular weight is 381 g/mol. The molecule has 0 atom stereocenters. The molecule has 4 rings (SSSR count). The minimum atomic E-state index is -0.304. The van der Waals surface area contributed by atoms with Crippen LogP contribution in [0.3, 0.4) is 0 Å².